The van der Waals surface area contributed by atoms with E-state index in [2.05, 4.69) is 6.07 Å². The Bertz CT molecular complexity index is 678. The van der Waals surface area contributed by atoms with Gasteiger partial charge in [0, 0.05) is 17.4 Å². The van der Waals surface area contributed by atoms with E-state index in [1.807, 2.05) is 0 Å². The number of benzene rings is 1. The molecular weight excluding hydrogens is 230 g/mol. The first kappa shape index (κ1) is 10.8. The lowest BCUT2D eigenvalue weighted by molar-refractivity contribution is -0.139. The summed E-state index contributed by atoms with van der Waals surface area (Å²) in [6.07, 6.45) is 2.23. The SMILES string of the molecule is N#Cc1ccc2oc3c(c2c1)C(C(=O)O)CCC3. The van der Waals surface area contributed by atoms with Crippen molar-refractivity contribution >= 4 is 16.9 Å². The van der Waals surface area contributed by atoms with Crippen LogP contribution in [0.2, 0.25) is 0 Å². The minimum atomic E-state index is -0.819. The number of aryl methyl sites for hydroxylation is 1. The van der Waals surface area contributed by atoms with Crippen LogP contribution in [0.5, 0.6) is 0 Å². The van der Waals surface area contributed by atoms with E-state index in [-0.39, 0.29) is 0 Å². The first-order chi connectivity index (χ1) is 8.70. The topological polar surface area (TPSA) is 74.2 Å². The van der Waals surface area contributed by atoms with Crippen molar-refractivity contribution < 1.29 is 14.3 Å². The molecule has 0 amide bonds. The molecule has 0 bridgehead atoms. The Morgan fingerprint density at radius 3 is 3.06 bits per heavy atom. The lowest BCUT2D eigenvalue weighted by Gasteiger charge is -2.17. The number of carboxylic acids is 1. The van der Waals surface area contributed by atoms with Gasteiger partial charge in [-0.25, -0.2) is 0 Å². The fraction of sp³-hybridized carbons (Fsp3) is 0.286. The zero-order valence-corrected chi connectivity index (χ0v) is 9.64. The van der Waals surface area contributed by atoms with Crippen molar-refractivity contribution in [1.29, 1.82) is 5.26 Å². The van der Waals surface area contributed by atoms with Crippen LogP contribution in [0.4, 0.5) is 0 Å². The standard InChI is InChI=1S/C14H11NO3/c15-7-8-4-5-11-10(6-8)13-9(14(16)17)2-1-3-12(13)18-11/h4-6,9H,1-3H2,(H,16,17). The molecule has 0 aliphatic heterocycles. The Labute approximate surface area is 103 Å². The van der Waals surface area contributed by atoms with E-state index in [1.165, 1.54) is 0 Å². The average molecular weight is 241 g/mol. The molecule has 1 aromatic heterocycles. The van der Waals surface area contributed by atoms with Gasteiger partial charge in [-0.15, -0.1) is 0 Å². The van der Waals surface area contributed by atoms with E-state index in [4.69, 9.17) is 9.68 Å². The van der Waals surface area contributed by atoms with E-state index in [0.717, 1.165) is 29.6 Å². The second-order valence-corrected chi connectivity index (χ2v) is 4.54. The molecule has 0 fully saturated rings. The normalized spacial score (nSPS) is 18.3. The largest absolute Gasteiger partial charge is 0.481 e. The van der Waals surface area contributed by atoms with E-state index in [0.29, 0.717) is 17.6 Å². The highest BCUT2D eigenvalue weighted by atomic mass is 16.4. The highest BCUT2D eigenvalue weighted by Crippen LogP contribution is 2.39. The molecule has 2 aromatic rings. The summed E-state index contributed by atoms with van der Waals surface area (Å²) < 4.78 is 5.70. The summed E-state index contributed by atoms with van der Waals surface area (Å²) in [4.78, 5) is 11.3. The molecule has 0 radical (unpaired) electrons. The van der Waals surface area contributed by atoms with Gasteiger partial charge in [-0.05, 0) is 31.0 Å². The smallest absolute Gasteiger partial charge is 0.311 e. The van der Waals surface area contributed by atoms with Crippen molar-refractivity contribution in [2.45, 2.75) is 25.2 Å². The van der Waals surface area contributed by atoms with E-state index in [1.54, 1.807) is 18.2 Å². The molecule has 1 aromatic carbocycles. The maximum atomic E-state index is 11.3. The number of nitrogens with zero attached hydrogens (tertiary/aromatic N) is 1. The van der Waals surface area contributed by atoms with Crippen molar-refractivity contribution in [2.24, 2.45) is 0 Å². The maximum Gasteiger partial charge on any atom is 0.311 e. The predicted octanol–water partition coefficient (Wildman–Crippen LogP) is 2.81. The van der Waals surface area contributed by atoms with Gasteiger partial charge in [0.15, 0.2) is 0 Å². The number of rotatable bonds is 1. The van der Waals surface area contributed by atoms with E-state index >= 15 is 0 Å². The van der Waals surface area contributed by atoms with Gasteiger partial charge in [-0.1, -0.05) is 0 Å². The fourth-order valence-corrected chi connectivity index (χ4v) is 2.66. The third-order valence-electron chi connectivity index (χ3n) is 3.48. The van der Waals surface area contributed by atoms with Gasteiger partial charge in [-0.2, -0.15) is 5.26 Å². The van der Waals surface area contributed by atoms with Gasteiger partial charge < -0.3 is 9.52 Å². The maximum absolute atomic E-state index is 11.3. The van der Waals surface area contributed by atoms with Crippen molar-refractivity contribution in [1.82, 2.24) is 0 Å². The van der Waals surface area contributed by atoms with Gasteiger partial charge in [0.25, 0.3) is 0 Å². The number of nitriles is 1. The summed E-state index contributed by atoms with van der Waals surface area (Å²) in [7, 11) is 0. The number of carboxylic acid groups (broad SMARTS) is 1. The minimum absolute atomic E-state index is 0.510. The quantitative estimate of drug-likeness (QED) is 0.833. The molecule has 1 unspecified atom stereocenters. The van der Waals surface area contributed by atoms with Crippen LogP contribution in [-0.2, 0) is 11.2 Å². The number of aliphatic carboxylic acids is 1. The van der Waals surface area contributed by atoms with Crippen LogP contribution >= 0.6 is 0 Å². The Morgan fingerprint density at radius 2 is 2.33 bits per heavy atom. The van der Waals surface area contributed by atoms with Crippen LogP contribution in [0.15, 0.2) is 22.6 Å². The summed E-state index contributed by atoms with van der Waals surface area (Å²) in [6, 6.07) is 7.22. The fourth-order valence-electron chi connectivity index (χ4n) is 2.66. The van der Waals surface area contributed by atoms with Crippen LogP contribution in [-0.4, -0.2) is 11.1 Å². The third-order valence-corrected chi connectivity index (χ3v) is 3.48. The molecule has 1 aliphatic carbocycles. The molecule has 1 N–H and O–H groups in total. The molecule has 18 heavy (non-hydrogen) atoms. The van der Waals surface area contributed by atoms with E-state index in [9.17, 15) is 9.90 Å². The predicted molar refractivity (Wildman–Crippen MR) is 64.2 cm³/mol. The lowest BCUT2D eigenvalue weighted by atomic mass is 9.85. The molecule has 0 saturated carbocycles. The summed E-state index contributed by atoms with van der Waals surface area (Å²) >= 11 is 0. The Hall–Kier alpha value is -2.28. The molecule has 1 heterocycles. The Morgan fingerprint density at radius 1 is 1.50 bits per heavy atom. The molecular formula is C14H11NO3. The monoisotopic (exact) mass is 241 g/mol. The number of hydrogen-bond donors (Lipinski definition) is 1. The first-order valence-corrected chi connectivity index (χ1v) is 5.89. The highest BCUT2D eigenvalue weighted by Gasteiger charge is 2.31. The molecule has 4 heteroatoms. The highest BCUT2D eigenvalue weighted by molar-refractivity contribution is 5.90. The molecule has 0 spiro atoms. The summed E-state index contributed by atoms with van der Waals surface area (Å²) in [5, 5.41) is 19.0. The van der Waals surface area contributed by atoms with Crippen LogP contribution < -0.4 is 0 Å². The molecule has 1 atom stereocenters. The Kier molecular flexibility index (Phi) is 2.34. The third kappa shape index (κ3) is 1.48. The zero-order valence-electron chi connectivity index (χ0n) is 9.64. The number of fused-ring (bicyclic) bond motifs is 3. The molecule has 3 rings (SSSR count). The summed E-state index contributed by atoms with van der Waals surface area (Å²) in [6.45, 7) is 0. The number of hydrogen-bond acceptors (Lipinski definition) is 3. The average Bonchev–Trinajstić information content (AvgIpc) is 2.75. The zero-order chi connectivity index (χ0) is 12.7. The van der Waals surface area contributed by atoms with Crippen molar-refractivity contribution in [3.8, 4) is 6.07 Å². The molecule has 0 saturated heterocycles. The van der Waals surface area contributed by atoms with Gasteiger partial charge in [-0.3, -0.25) is 4.79 Å². The Balaban J connectivity index is 2.29. The summed E-state index contributed by atoms with van der Waals surface area (Å²) in [5.74, 6) is -0.566. The van der Waals surface area contributed by atoms with Crippen LogP contribution in [0.1, 0.15) is 35.6 Å². The minimum Gasteiger partial charge on any atom is -0.481 e. The number of furan rings is 1. The van der Waals surface area contributed by atoms with Crippen LogP contribution in [0.25, 0.3) is 11.0 Å². The van der Waals surface area contributed by atoms with Gasteiger partial charge >= 0.3 is 5.97 Å². The van der Waals surface area contributed by atoms with E-state index < -0.39 is 11.9 Å². The lowest BCUT2D eigenvalue weighted by Crippen LogP contribution is -2.16. The summed E-state index contributed by atoms with van der Waals surface area (Å²) in [5.41, 5.74) is 1.97. The van der Waals surface area contributed by atoms with Crippen LogP contribution in [0.3, 0.4) is 0 Å². The van der Waals surface area contributed by atoms with Gasteiger partial charge in [0.2, 0.25) is 0 Å². The van der Waals surface area contributed by atoms with Crippen molar-refractivity contribution in [2.75, 3.05) is 0 Å². The van der Waals surface area contributed by atoms with Gasteiger partial charge in [0.05, 0.1) is 17.6 Å². The molecule has 1 aliphatic rings. The second-order valence-electron chi connectivity index (χ2n) is 4.54. The second kappa shape index (κ2) is 3.88. The van der Waals surface area contributed by atoms with Crippen molar-refractivity contribution in [3.63, 3.8) is 0 Å². The number of carbonyl (C=O) groups is 1. The molecule has 90 valence electrons. The van der Waals surface area contributed by atoms with Crippen LogP contribution in [0, 0.1) is 11.3 Å². The van der Waals surface area contributed by atoms with Gasteiger partial charge in [0.1, 0.15) is 11.3 Å². The van der Waals surface area contributed by atoms with Crippen molar-refractivity contribution in [3.05, 3.63) is 35.1 Å². The molecule has 4 nitrogen and oxygen atoms in total. The first-order valence-electron chi connectivity index (χ1n) is 5.89.